The van der Waals surface area contributed by atoms with Crippen LogP contribution in [0.3, 0.4) is 0 Å². The summed E-state index contributed by atoms with van der Waals surface area (Å²) in [6, 6.07) is 4.27. The van der Waals surface area contributed by atoms with Crippen LogP contribution in [0.5, 0.6) is 11.5 Å². The molecule has 0 aliphatic rings. The van der Waals surface area contributed by atoms with Crippen LogP contribution < -0.4 is 15.6 Å². The van der Waals surface area contributed by atoms with Gasteiger partial charge in [0.05, 0.1) is 28.0 Å². The largest absolute Gasteiger partial charge is 0.456 e. The summed E-state index contributed by atoms with van der Waals surface area (Å²) >= 11 is 5.71. The van der Waals surface area contributed by atoms with Crippen LogP contribution in [0, 0.1) is 5.82 Å². The predicted octanol–water partition coefficient (Wildman–Crippen LogP) is 2.89. The Bertz CT molecular complexity index is 1280. The molecule has 0 bridgehead atoms. The number of nitrogens with one attached hydrogen (secondary N) is 2. The number of aromatic amines is 1. The summed E-state index contributed by atoms with van der Waals surface area (Å²) in [7, 11) is 5.16. The number of carbonyl (C=O) groups is 1. The van der Waals surface area contributed by atoms with Gasteiger partial charge in [-0.15, -0.1) is 0 Å². The van der Waals surface area contributed by atoms with Gasteiger partial charge in [0.25, 0.3) is 11.5 Å². The predicted molar refractivity (Wildman–Crippen MR) is 108 cm³/mol. The molecule has 4 N–H and O–H groups in total. The number of aliphatic hydroxyl groups is 2. The van der Waals surface area contributed by atoms with Crippen LogP contribution in [0.25, 0.3) is 0 Å². The van der Waals surface area contributed by atoms with E-state index in [1.165, 1.54) is 0 Å². The molecule has 1 amide bonds. The minimum absolute atomic E-state index is 0.0973. The van der Waals surface area contributed by atoms with Gasteiger partial charge in [0.2, 0.25) is 0 Å². The standard InChI is InChI=1S/C19H11BClF4N3O5/c20-18(31,32)12-3-8(22)1-2-14(12)33-15-6-11(19(23,24)25)13(21)5-10(15)17(30)27-9-4-16(29)28-26-7-9/h1-7,31-32H,(H2,27,28,29,30). The molecule has 3 rings (SSSR count). The summed E-state index contributed by atoms with van der Waals surface area (Å²) in [5, 5.41) is 26.3. The van der Waals surface area contributed by atoms with Gasteiger partial charge in [0, 0.05) is 11.6 Å². The van der Waals surface area contributed by atoms with Crippen molar-refractivity contribution >= 4 is 31.0 Å². The van der Waals surface area contributed by atoms with Crippen molar-refractivity contribution in [1.29, 1.82) is 0 Å². The van der Waals surface area contributed by atoms with E-state index < -0.39 is 62.4 Å². The van der Waals surface area contributed by atoms with E-state index in [0.29, 0.717) is 18.2 Å². The molecule has 2 radical (unpaired) electrons. The van der Waals surface area contributed by atoms with E-state index in [0.717, 1.165) is 24.4 Å². The molecule has 0 spiro atoms. The van der Waals surface area contributed by atoms with Gasteiger partial charge < -0.3 is 20.3 Å². The van der Waals surface area contributed by atoms with Crippen LogP contribution in [0.1, 0.15) is 21.5 Å². The zero-order valence-corrected chi connectivity index (χ0v) is 16.8. The number of benzene rings is 2. The second-order valence-corrected chi connectivity index (χ2v) is 6.99. The molecule has 14 heteroatoms. The van der Waals surface area contributed by atoms with Crippen LogP contribution >= 0.6 is 11.6 Å². The lowest BCUT2D eigenvalue weighted by Crippen LogP contribution is -2.26. The molecule has 0 aliphatic heterocycles. The fraction of sp³-hybridized carbons (Fsp3) is 0.105. The van der Waals surface area contributed by atoms with Crippen LogP contribution in [-0.2, 0) is 11.9 Å². The number of hydrogen-bond donors (Lipinski definition) is 4. The average molecular weight is 484 g/mol. The van der Waals surface area contributed by atoms with Crippen molar-refractivity contribution in [1.82, 2.24) is 10.2 Å². The summed E-state index contributed by atoms with van der Waals surface area (Å²) < 4.78 is 59.0. The lowest BCUT2D eigenvalue weighted by molar-refractivity contribution is -0.137. The zero-order valence-electron chi connectivity index (χ0n) is 16.1. The molecule has 0 aliphatic carbocycles. The molecule has 2 aromatic carbocycles. The topological polar surface area (TPSA) is 125 Å². The summed E-state index contributed by atoms with van der Waals surface area (Å²) in [6.45, 7) is 0. The van der Waals surface area contributed by atoms with E-state index in [-0.39, 0.29) is 5.69 Å². The van der Waals surface area contributed by atoms with Crippen LogP contribution in [0.15, 0.2) is 47.4 Å². The Morgan fingerprint density at radius 2 is 1.82 bits per heavy atom. The van der Waals surface area contributed by atoms with Gasteiger partial charge in [-0.05, 0) is 30.3 Å². The highest BCUT2D eigenvalue weighted by molar-refractivity contribution is 6.32. The maximum atomic E-state index is 13.6. The Morgan fingerprint density at radius 1 is 1.12 bits per heavy atom. The molecule has 0 fully saturated rings. The minimum Gasteiger partial charge on any atom is -0.456 e. The third-order valence-electron chi connectivity index (χ3n) is 4.10. The summed E-state index contributed by atoms with van der Waals surface area (Å²) in [5.74, 6) is -3.31. The molecule has 0 unspecified atom stereocenters. The van der Waals surface area contributed by atoms with Crippen molar-refractivity contribution in [3.8, 4) is 11.5 Å². The van der Waals surface area contributed by atoms with E-state index in [4.69, 9.17) is 24.2 Å². The Balaban J connectivity index is 2.13. The molecule has 33 heavy (non-hydrogen) atoms. The fourth-order valence-electron chi connectivity index (χ4n) is 2.67. The fourth-order valence-corrected chi connectivity index (χ4v) is 2.94. The first-order valence-corrected chi connectivity index (χ1v) is 9.12. The third-order valence-corrected chi connectivity index (χ3v) is 4.41. The number of aromatic nitrogens is 2. The number of anilines is 1. The molecular formula is C19H11BClF4N3O5. The van der Waals surface area contributed by atoms with Crippen molar-refractivity contribution in [2.75, 3.05) is 5.32 Å². The van der Waals surface area contributed by atoms with Crippen molar-refractivity contribution in [2.45, 2.75) is 11.9 Å². The molecule has 0 atom stereocenters. The van der Waals surface area contributed by atoms with Crippen LogP contribution in [0.2, 0.25) is 5.02 Å². The number of ether oxygens (including phenoxy) is 1. The van der Waals surface area contributed by atoms with E-state index in [2.05, 4.69) is 15.5 Å². The van der Waals surface area contributed by atoms with Gasteiger partial charge in [-0.3, -0.25) is 9.59 Å². The van der Waals surface area contributed by atoms with Gasteiger partial charge in [-0.2, -0.15) is 18.3 Å². The second-order valence-electron chi connectivity index (χ2n) is 6.58. The first kappa shape index (κ1) is 24.2. The number of H-pyrrole nitrogens is 1. The number of alkyl halides is 3. The van der Waals surface area contributed by atoms with Gasteiger partial charge in [-0.1, -0.05) is 11.6 Å². The van der Waals surface area contributed by atoms with Crippen molar-refractivity contribution in [3.63, 3.8) is 0 Å². The van der Waals surface area contributed by atoms with E-state index >= 15 is 0 Å². The minimum atomic E-state index is -4.95. The molecule has 1 heterocycles. The monoisotopic (exact) mass is 483 g/mol. The summed E-state index contributed by atoms with van der Waals surface area (Å²) in [4.78, 5) is 24.1. The van der Waals surface area contributed by atoms with Gasteiger partial charge in [-0.25, -0.2) is 9.49 Å². The van der Waals surface area contributed by atoms with Crippen molar-refractivity contribution < 1.29 is 37.3 Å². The molecule has 8 nitrogen and oxygen atoms in total. The van der Waals surface area contributed by atoms with E-state index in [1.807, 2.05) is 0 Å². The average Bonchev–Trinajstić information content (AvgIpc) is 2.68. The Kier molecular flexibility index (Phi) is 6.50. The van der Waals surface area contributed by atoms with E-state index in [1.54, 1.807) is 0 Å². The van der Waals surface area contributed by atoms with Gasteiger partial charge in [0.1, 0.15) is 23.0 Å². The SMILES string of the molecule is [B]C(O)(O)c1cc(F)ccc1Oc1cc(C(F)(F)F)c(Cl)cc1C(=O)Nc1cn[nH]c(=O)c1. The lowest BCUT2D eigenvalue weighted by atomic mass is 9.87. The first-order chi connectivity index (χ1) is 15.3. The number of halogens is 5. The summed E-state index contributed by atoms with van der Waals surface area (Å²) in [5.41, 5.74) is -6.55. The molecule has 0 saturated carbocycles. The Labute approximate surface area is 188 Å². The summed E-state index contributed by atoms with van der Waals surface area (Å²) in [6.07, 6.45) is -3.89. The smallest absolute Gasteiger partial charge is 0.417 e. The number of hydrogen-bond acceptors (Lipinski definition) is 6. The maximum Gasteiger partial charge on any atom is 0.417 e. The maximum absolute atomic E-state index is 13.6. The van der Waals surface area contributed by atoms with Crippen molar-refractivity contribution in [2.24, 2.45) is 0 Å². The van der Waals surface area contributed by atoms with Gasteiger partial charge in [0.15, 0.2) is 7.85 Å². The normalized spacial score (nSPS) is 11.8. The molecular weight excluding hydrogens is 472 g/mol. The lowest BCUT2D eigenvalue weighted by Gasteiger charge is -2.22. The highest BCUT2D eigenvalue weighted by Gasteiger charge is 2.35. The van der Waals surface area contributed by atoms with E-state index in [9.17, 15) is 37.4 Å². The van der Waals surface area contributed by atoms with Crippen LogP contribution in [0.4, 0.5) is 23.2 Å². The number of rotatable bonds is 5. The first-order valence-electron chi connectivity index (χ1n) is 8.74. The Hall–Kier alpha value is -3.42. The highest BCUT2D eigenvalue weighted by Crippen LogP contribution is 2.41. The third kappa shape index (κ3) is 5.69. The molecule has 1 aromatic heterocycles. The number of amides is 1. The van der Waals surface area contributed by atoms with Crippen LogP contribution in [-0.4, -0.2) is 34.2 Å². The highest BCUT2D eigenvalue weighted by atomic mass is 35.5. The zero-order chi connectivity index (χ0) is 24.6. The molecule has 170 valence electrons. The quantitative estimate of drug-likeness (QED) is 0.251. The Morgan fingerprint density at radius 3 is 2.42 bits per heavy atom. The van der Waals surface area contributed by atoms with Gasteiger partial charge >= 0.3 is 6.18 Å². The molecule has 3 aromatic rings. The molecule has 0 saturated heterocycles. The number of carbonyl (C=O) groups excluding carboxylic acids is 1. The number of nitrogens with zero attached hydrogens (tertiary/aromatic N) is 1. The second kappa shape index (κ2) is 8.85. The van der Waals surface area contributed by atoms with Crippen molar-refractivity contribution in [3.05, 3.63) is 80.5 Å².